The van der Waals surface area contributed by atoms with Crippen LogP contribution in [-0.4, -0.2) is 23.2 Å². The van der Waals surface area contributed by atoms with Gasteiger partial charge in [-0.3, -0.25) is 4.79 Å². The number of aliphatic hydroxyl groups is 1. The quantitative estimate of drug-likeness (QED) is 0.671. The van der Waals surface area contributed by atoms with Gasteiger partial charge in [0.15, 0.2) is 0 Å². The molecule has 1 aliphatic rings. The van der Waals surface area contributed by atoms with Gasteiger partial charge in [0.25, 0.3) is 0 Å². The fourth-order valence-corrected chi connectivity index (χ4v) is 1.66. The van der Waals surface area contributed by atoms with Gasteiger partial charge in [0, 0.05) is 5.41 Å². The molecule has 0 aromatic rings. The Morgan fingerprint density at radius 1 is 1.29 bits per heavy atom. The van der Waals surface area contributed by atoms with Crippen molar-refractivity contribution in [1.29, 1.82) is 0 Å². The van der Waals surface area contributed by atoms with Crippen molar-refractivity contribution in [3.63, 3.8) is 0 Å². The molecule has 2 atom stereocenters. The van der Waals surface area contributed by atoms with Crippen molar-refractivity contribution in [3.05, 3.63) is 0 Å². The highest BCUT2D eigenvalue weighted by molar-refractivity contribution is 5.81. The van der Waals surface area contributed by atoms with E-state index in [0.717, 1.165) is 25.7 Å². The summed E-state index contributed by atoms with van der Waals surface area (Å²) in [6.45, 7) is 5.66. The first kappa shape index (κ1) is 11.5. The zero-order valence-electron chi connectivity index (χ0n) is 9.34. The lowest BCUT2D eigenvalue weighted by Crippen LogP contribution is -2.48. The molecular weight excluding hydrogens is 178 g/mol. The minimum Gasteiger partial charge on any atom is -0.391 e. The molecule has 1 aliphatic carbocycles. The second-order valence-corrected chi connectivity index (χ2v) is 5.18. The molecule has 82 valence electrons. The van der Waals surface area contributed by atoms with E-state index < -0.39 is 0 Å². The van der Waals surface area contributed by atoms with Crippen LogP contribution in [0.5, 0.6) is 0 Å². The van der Waals surface area contributed by atoms with Crippen LogP contribution in [0.4, 0.5) is 0 Å². The lowest BCUT2D eigenvalue weighted by atomic mass is 9.90. The van der Waals surface area contributed by atoms with Gasteiger partial charge in [-0.15, -0.1) is 0 Å². The van der Waals surface area contributed by atoms with E-state index in [-0.39, 0.29) is 23.5 Å². The standard InChI is InChI=1S/C11H21NO2/c1-11(2,3)10(14)12-8-6-4-5-7-9(8)13/h8-9,13H,4-7H2,1-3H3,(H,12,14)/t8-,9-/m0/s1. The molecule has 0 bridgehead atoms. The molecule has 1 rings (SSSR count). The van der Waals surface area contributed by atoms with Crippen LogP contribution in [0, 0.1) is 5.41 Å². The number of rotatable bonds is 1. The Balaban J connectivity index is 2.46. The Bertz CT molecular complexity index is 208. The van der Waals surface area contributed by atoms with E-state index in [9.17, 15) is 9.90 Å². The molecule has 0 aromatic carbocycles. The third-order valence-corrected chi connectivity index (χ3v) is 2.73. The lowest BCUT2D eigenvalue weighted by Gasteiger charge is -2.30. The van der Waals surface area contributed by atoms with Crippen LogP contribution in [0.1, 0.15) is 46.5 Å². The normalized spacial score (nSPS) is 28.6. The predicted octanol–water partition coefficient (Wildman–Crippen LogP) is 1.45. The maximum atomic E-state index is 11.7. The number of carbonyl (C=O) groups excluding carboxylic acids is 1. The van der Waals surface area contributed by atoms with E-state index in [4.69, 9.17) is 0 Å². The highest BCUT2D eigenvalue weighted by Crippen LogP contribution is 2.20. The van der Waals surface area contributed by atoms with Crippen molar-refractivity contribution >= 4 is 5.91 Å². The van der Waals surface area contributed by atoms with Gasteiger partial charge < -0.3 is 10.4 Å². The van der Waals surface area contributed by atoms with E-state index in [2.05, 4.69) is 5.32 Å². The van der Waals surface area contributed by atoms with E-state index in [0.29, 0.717) is 0 Å². The fraction of sp³-hybridized carbons (Fsp3) is 0.909. The zero-order valence-corrected chi connectivity index (χ0v) is 9.34. The maximum Gasteiger partial charge on any atom is 0.225 e. The van der Waals surface area contributed by atoms with E-state index in [1.807, 2.05) is 20.8 Å². The van der Waals surface area contributed by atoms with Crippen molar-refractivity contribution < 1.29 is 9.90 Å². The minimum atomic E-state index is -0.364. The first-order chi connectivity index (χ1) is 6.41. The van der Waals surface area contributed by atoms with Gasteiger partial charge in [-0.2, -0.15) is 0 Å². The zero-order chi connectivity index (χ0) is 10.8. The van der Waals surface area contributed by atoms with Crippen molar-refractivity contribution in [2.45, 2.75) is 58.6 Å². The molecule has 0 spiro atoms. The summed E-state index contributed by atoms with van der Waals surface area (Å²) in [6.07, 6.45) is 3.54. The third kappa shape index (κ3) is 2.98. The monoisotopic (exact) mass is 199 g/mol. The number of amides is 1. The summed E-state index contributed by atoms with van der Waals surface area (Å²) in [7, 11) is 0. The highest BCUT2D eigenvalue weighted by Gasteiger charge is 2.28. The van der Waals surface area contributed by atoms with Crippen LogP contribution in [0.3, 0.4) is 0 Å². The van der Waals surface area contributed by atoms with E-state index in [1.165, 1.54) is 0 Å². The molecule has 1 saturated carbocycles. The van der Waals surface area contributed by atoms with Crippen LogP contribution in [0.25, 0.3) is 0 Å². The molecule has 2 N–H and O–H groups in total. The third-order valence-electron chi connectivity index (χ3n) is 2.73. The van der Waals surface area contributed by atoms with Gasteiger partial charge in [-0.05, 0) is 12.8 Å². The Morgan fingerprint density at radius 2 is 1.86 bits per heavy atom. The molecule has 14 heavy (non-hydrogen) atoms. The summed E-state index contributed by atoms with van der Waals surface area (Å²) >= 11 is 0. The summed E-state index contributed by atoms with van der Waals surface area (Å²) in [5.41, 5.74) is -0.364. The first-order valence-corrected chi connectivity index (χ1v) is 5.40. The average molecular weight is 199 g/mol. The molecule has 1 fully saturated rings. The SMILES string of the molecule is CC(C)(C)C(=O)N[C@H]1CCCC[C@@H]1O. The van der Waals surface area contributed by atoms with Crippen molar-refractivity contribution in [2.24, 2.45) is 5.41 Å². The van der Waals surface area contributed by atoms with E-state index in [1.54, 1.807) is 0 Å². The molecule has 1 amide bonds. The van der Waals surface area contributed by atoms with Crippen LogP contribution in [0.15, 0.2) is 0 Å². The van der Waals surface area contributed by atoms with E-state index >= 15 is 0 Å². The lowest BCUT2D eigenvalue weighted by molar-refractivity contribution is -0.130. The Kier molecular flexibility index (Phi) is 3.53. The van der Waals surface area contributed by atoms with Gasteiger partial charge in [-0.25, -0.2) is 0 Å². The second-order valence-electron chi connectivity index (χ2n) is 5.18. The summed E-state index contributed by atoms with van der Waals surface area (Å²) < 4.78 is 0. The smallest absolute Gasteiger partial charge is 0.225 e. The molecule has 3 nitrogen and oxygen atoms in total. The van der Waals surface area contributed by atoms with Gasteiger partial charge in [0.2, 0.25) is 5.91 Å². The van der Waals surface area contributed by atoms with Gasteiger partial charge in [-0.1, -0.05) is 33.6 Å². The van der Waals surface area contributed by atoms with Crippen LogP contribution >= 0.6 is 0 Å². The molecule has 3 heteroatoms. The predicted molar refractivity (Wildman–Crippen MR) is 55.9 cm³/mol. The highest BCUT2D eigenvalue weighted by atomic mass is 16.3. The Labute approximate surface area is 85.9 Å². The number of hydrogen-bond donors (Lipinski definition) is 2. The number of nitrogens with one attached hydrogen (secondary N) is 1. The molecule has 0 aliphatic heterocycles. The maximum absolute atomic E-state index is 11.7. The van der Waals surface area contributed by atoms with Crippen molar-refractivity contribution in [1.82, 2.24) is 5.32 Å². The number of carbonyl (C=O) groups is 1. The topological polar surface area (TPSA) is 49.3 Å². The van der Waals surface area contributed by atoms with Gasteiger partial charge in [0.1, 0.15) is 0 Å². The molecule has 0 heterocycles. The van der Waals surface area contributed by atoms with Crippen LogP contribution in [-0.2, 0) is 4.79 Å². The molecule has 0 radical (unpaired) electrons. The van der Waals surface area contributed by atoms with Gasteiger partial charge in [0.05, 0.1) is 12.1 Å². The number of hydrogen-bond acceptors (Lipinski definition) is 2. The molecule has 0 aromatic heterocycles. The molecule has 0 saturated heterocycles. The van der Waals surface area contributed by atoms with Crippen LogP contribution < -0.4 is 5.32 Å². The number of aliphatic hydroxyl groups excluding tert-OH is 1. The summed E-state index contributed by atoms with van der Waals surface area (Å²) in [5, 5.41) is 12.6. The van der Waals surface area contributed by atoms with Gasteiger partial charge >= 0.3 is 0 Å². The summed E-state index contributed by atoms with van der Waals surface area (Å²) in [6, 6.07) is -0.0320. The van der Waals surface area contributed by atoms with Crippen LogP contribution in [0.2, 0.25) is 0 Å². The van der Waals surface area contributed by atoms with Crippen molar-refractivity contribution in [3.8, 4) is 0 Å². The Hall–Kier alpha value is -0.570. The average Bonchev–Trinajstić information content (AvgIpc) is 2.07. The second kappa shape index (κ2) is 4.30. The Morgan fingerprint density at radius 3 is 2.36 bits per heavy atom. The largest absolute Gasteiger partial charge is 0.391 e. The minimum absolute atomic E-state index is 0.0310. The summed E-state index contributed by atoms with van der Waals surface area (Å²) in [5.74, 6) is 0.0310. The summed E-state index contributed by atoms with van der Waals surface area (Å²) in [4.78, 5) is 11.7. The van der Waals surface area contributed by atoms with Crippen molar-refractivity contribution in [2.75, 3.05) is 0 Å². The molecule has 0 unspecified atom stereocenters. The molecular formula is C11H21NO2. The first-order valence-electron chi connectivity index (χ1n) is 5.40. The fourth-order valence-electron chi connectivity index (χ4n) is 1.66.